The molecule has 3 rings (SSSR count). The van der Waals surface area contributed by atoms with Crippen molar-refractivity contribution in [1.29, 1.82) is 0 Å². The van der Waals surface area contributed by atoms with Crippen molar-refractivity contribution in [3.8, 4) is 0 Å². The summed E-state index contributed by atoms with van der Waals surface area (Å²) in [6.07, 6.45) is 3.14. The van der Waals surface area contributed by atoms with Crippen LogP contribution in [0.5, 0.6) is 0 Å². The first-order valence-electron chi connectivity index (χ1n) is 7.64. The van der Waals surface area contributed by atoms with E-state index in [1.165, 1.54) is 0 Å². The molecule has 0 saturated carbocycles. The van der Waals surface area contributed by atoms with E-state index in [1.54, 1.807) is 17.3 Å². The minimum Gasteiger partial charge on any atom is -0.373 e. The van der Waals surface area contributed by atoms with Gasteiger partial charge < -0.3 is 15.0 Å². The molecule has 1 aliphatic heterocycles. The number of aryl methyl sites for hydroxylation is 1. The van der Waals surface area contributed by atoms with Crippen molar-refractivity contribution in [1.82, 2.24) is 14.9 Å². The summed E-state index contributed by atoms with van der Waals surface area (Å²) in [5, 5.41) is 3.02. The first kappa shape index (κ1) is 15.4. The summed E-state index contributed by atoms with van der Waals surface area (Å²) in [4.78, 5) is 23.1. The topological polar surface area (TPSA) is 67.4 Å². The first-order valence-corrected chi connectivity index (χ1v) is 7.64. The molecule has 0 aromatic carbocycles. The smallest absolute Gasteiger partial charge is 0.255 e. The molecule has 2 aromatic heterocycles. The molecule has 1 aliphatic rings. The minimum absolute atomic E-state index is 0.0146. The number of nitrogens with one attached hydrogen (secondary N) is 1. The molecule has 0 aliphatic carbocycles. The number of rotatable bonds is 3. The number of pyridine rings is 2. The molecule has 0 bridgehead atoms. The average Bonchev–Trinajstić information content (AvgIpc) is 2.61. The van der Waals surface area contributed by atoms with Crippen LogP contribution in [0.2, 0.25) is 0 Å². The van der Waals surface area contributed by atoms with E-state index in [9.17, 15) is 4.79 Å². The maximum Gasteiger partial charge on any atom is 0.255 e. The van der Waals surface area contributed by atoms with Gasteiger partial charge in [0.1, 0.15) is 11.9 Å². The molecule has 0 unspecified atom stereocenters. The number of carbonyl (C=O) groups excluding carboxylic acids is 1. The number of hydrogen-bond acceptors (Lipinski definition) is 5. The SMILES string of the molecule is CNc1cccc([C@@H]2CN(C(=O)c3cncc(C)c3)CCO2)n1. The normalized spacial score (nSPS) is 17.8. The molecule has 6 heteroatoms. The van der Waals surface area contributed by atoms with Crippen LogP contribution in [0, 0.1) is 6.92 Å². The van der Waals surface area contributed by atoms with Gasteiger partial charge in [0.15, 0.2) is 0 Å². The van der Waals surface area contributed by atoms with E-state index in [0.29, 0.717) is 25.3 Å². The van der Waals surface area contributed by atoms with Crippen molar-refractivity contribution in [3.63, 3.8) is 0 Å². The Morgan fingerprint density at radius 3 is 3.04 bits per heavy atom. The molecule has 3 heterocycles. The Kier molecular flexibility index (Phi) is 4.52. The summed E-state index contributed by atoms with van der Waals surface area (Å²) in [5.74, 6) is 0.775. The molecule has 23 heavy (non-hydrogen) atoms. The highest BCUT2D eigenvalue weighted by Gasteiger charge is 2.27. The fourth-order valence-electron chi connectivity index (χ4n) is 2.64. The summed E-state index contributed by atoms with van der Waals surface area (Å²) < 4.78 is 5.80. The third kappa shape index (κ3) is 3.48. The Morgan fingerprint density at radius 1 is 1.39 bits per heavy atom. The Hall–Kier alpha value is -2.47. The molecule has 120 valence electrons. The molecular formula is C17H20N4O2. The number of anilines is 1. The summed E-state index contributed by atoms with van der Waals surface area (Å²) in [7, 11) is 1.83. The monoisotopic (exact) mass is 312 g/mol. The van der Waals surface area contributed by atoms with Gasteiger partial charge >= 0.3 is 0 Å². The minimum atomic E-state index is -0.209. The van der Waals surface area contributed by atoms with Crippen LogP contribution in [0.25, 0.3) is 0 Å². The average molecular weight is 312 g/mol. The maximum absolute atomic E-state index is 12.6. The number of carbonyl (C=O) groups is 1. The number of hydrogen-bond donors (Lipinski definition) is 1. The molecular weight excluding hydrogens is 292 g/mol. The van der Waals surface area contributed by atoms with Gasteiger partial charge in [0, 0.05) is 26.0 Å². The predicted octanol–water partition coefficient (Wildman–Crippen LogP) is 2.04. The molecule has 0 radical (unpaired) electrons. The highest BCUT2D eigenvalue weighted by atomic mass is 16.5. The standard InChI is InChI=1S/C17H20N4O2/c1-12-8-13(10-19-9-12)17(22)21-6-7-23-15(11-21)14-4-3-5-16(18-2)20-14/h3-5,8-10,15H,6-7,11H2,1-2H3,(H,18,20)/t15-/m0/s1. The molecule has 0 spiro atoms. The second-order valence-electron chi connectivity index (χ2n) is 5.56. The lowest BCUT2D eigenvalue weighted by Gasteiger charge is -2.32. The number of amides is 1. The molecule has 1 fully saturated rings. The number of aromatic nitrogens is 2. The number of ether oxygens (including phenoxy) is 1. The molecule has 1 atom stereocenters. The fraction of sp³-hybridized carbons (Fsp3) is 0.353. The van der Waals surface area contributed by atoms with Gasteiger partial charge in [-0.3, -0.25) is 9.78 Å². The summed E-state index contributed by atoms with van der Waals surface area (Å²) in [5.41, 5.74) is 2.42. The first-order chi connectivity index (χ1) is 11.2. The molecule has 6 nitrogen and oxygen atoms in total. The van der Waals surface area contributed by atoms with Gasteiger partial charge in [-0.05, 0) is 30.7 Å². The van der Waals surface area contributed by atoms with Crippen LogP contribution in [0.4, 0.5) is 5.82 Å². The van der Waals surface area contributed by atoms with Crippen LogP contribution in [0.3, 0.4) is 0 Å². The van der Waals surface area contributed by atoms with Crippen molar-refractivity contribution < 1.29 is 9.53 Å². The van der Waals surface area contributed by atoms with Gasteiger partial charge in [-0.25, -0.2) is 4.98 Å². The van der Waals surface area contributed by atoms with E-state index in [2.05, 4.69) is 15.3 Å². The molecule has 1 N–H and O–H groups in total. The van der Waals surface area contributed by atoms with Gasteiger partial charge in [0.2, 0.25) is 0 Å². The lowest BCUT2D eigenvalue weighted by atomic mass is 10.1. The van der Waals surface area contributed by atoms with Crippen LogP contribution in [-0.2, 0) is 4.74 Å². The van der Waals surface area contributed by atoms with Crippen molar-refractivity contribution in [2.75, 3.05) is 32.1 Å². The number of morpholine rings is 1. The Labute approximate surface area is 135 Å². The van der Waals surface area contributed by atoms with E-state index in [-0.39, 0.29) is 12.0 Å². The van der Waals surface area contributed by atoms with Gasteiger partial charge in [0.25, 0.3) is 5.91 Å². The Morgan fingerprint density at radius 2 is 2.26 bits per heavy atom. The highest BCUT2D eigenvalue weighted by molar-refractivity contribution is 5.94. The second-order valence-corrected chi connectivity index (χ2v) is 5.56. The van der Waals surface area contributed by atoms with Gasteiger partial charge in [0.05, 0.1) is 24.4 Å². The van der Waals surface area contributed by atoms with E-state index in [0.717, 1.165) is 17.1 Å². The van der Waals surface area contributed by atoms with Crippen LogP contribution in [0.1, 0.15) is 27.7 Å². The zero-order valence-corrected chi connectivity index (χ0v) is 13.3. The Bertz CT molecular complexity index is 704. The summed E-state index contributed by atoms with van der Waals surface area (Å²) >= 11 is 0. The van der Waals surface area contributed by atoms with Gasteiger partial charge in [-0.15, -0.1) is 0 Å². The second kappa shape index (κ2) is 6.75. The molecule has 2 aromatic rings. The lowest BCUT2D eigenvalue weighted by Crippen LogP contribution is -2.42. The maximum atomic E-state index is 12.6. The third-order valence-corrected chi connectivity index (χ3v) is 3.83. The van der Waals surface area contributed by atoms with Crippen LogP contribution < -0.4 is 5.32 Å². The predicted molar refractivity (Wildman–Crippen MR) is 87.4 cm³/mol. The Balaban J connectivity index is 1.76. The van der Waals surface area contributed by atoms with Crippen molar-refractivity contribution >= 4 is 11.7 Å². The third-order valence-electron chi connectivity index (χ3n) is 3.83. The van der Waals surface area contributed by atoms with Gasteiger partial charge in [-0.2, -0.15) is 0 Å². The lowest BCUT2D eigenvalue weighted by molar-refractivity contribution is -0.0246. The van der Waals surface area contributed by atoms with Crippen LogP contribution in [0.15, 0.2) is 36.7 Å². The highest BCUT2D eigenvalue weighted by Crippen LogP contribution is 2.23. The zero-order chi connectivity index (χ0) is 16.2. The number of nitrogens with zero attached hydrogens (tertiary/aromatic N) is 3. The van der Waals surface area contributed by atoms with E-state index < -0.39 is 0 Å². The summed E-state index contributed by atoms with van der Waals surface area (Å²) in [6.45, 7) is 3.50. The molecule has 1 amide bonds. The van der Waals surface area contributed by atoms with Crippen molar-refractivity contribution in [2.24, 2.45) is 0 Å². The van der Waals surface area contributed by atoms with E-state index in [4.69, 9.17) is 4.74 Å². The van der Waals surface area contributed by atoms with Crippen molar-refractivity contribution in [2.45, 2.75) is 13.0 Å². The van der Waals surface area contributed by atoms with Crippen molar-refractivity contribution in [3.05, 3.63) is 53.5 Å². The largest absolute Gasteiger partial charge is 0.373 e. The quantitative estimate of drug-likeness (QED) is 0.939. The van der Waals surface area contributed by atoms with Gasteiger partial charge in [-0.1, -0.05) is 6.07 Å². The summed E-state index contributed by atoms with van der Waals surface area (Å²) in [6, 6.07) is 7.61. The zero-order valence-electron chi connectivity index (χ0n) is 13.3. The fourth-order valence-corrected chi connectivity index (χ4v) is 2.64. The van der Waals surface area contributed by atoms with E-state index in [1.807, 2.05) is 38.2 Å². The van der Waals surface area contributed by atoms with Crippen LogP contribution in [-0.4, -0.2) is 47.5 Å². The van der Waals surface area contributed by atoms with E-state index >= 15 is 0 Å². The molecule has 1 saturated heterocycles. The van der Waals surface area contributed by atoms with Crippen LogP contribution >= 0.6 is 0 Å².